The highest BCUT2D eigenvalue weighted by Crippen LogP contribution is 2.40. The average Bonchev–Trinajstić information content (AvgIpc) is 3.29. The second kappa shape index (κ2) is 9.16. The SMILES string of the molecule is COC1CC2=C(CC1OC)C(=C1SC(NCCCc3ccccc3)=NC1=N)NC2=N. The lowest BCUT2D eigenvalue weighted by atomic mass is 9.87. The van der Waals surface area contributed by atoms with Crippen LogP contribution < -0.4 is 10.6 Å². The van der Waals surface area contributed by atoms with Gasteiger partial charge in [-0.15, -0.1) is 0 Å². The van der Waals surface area contributed by atoms with Crippen molar-refractivity contribution in [3.05, 3.63) is 57.6 Å². The molecule has 4 N–H and O–H groups in total. The number of nitrogens with one attached hydrogen (secondary N) is 4. The predicted octanol–water partition coefficient (Wildman–Crippen LogP) is 3.20. The summed E-state index contributed by atoms with van der Waals surface area (Å²) in [6.07, 6.45) is 3.17. The third kappa shape index (κ3) is 4.21. The molecule has 2 aliphatic heterocycles. The largest absolute Gasteiger partial charge is 0.378 e. The lowest BCUT2D eigenvalue weighted by Gasteiger charge is -2.30. The fourth-order valence-electron chi connectivity index (χ4n) is 4.06. The smallest absolute Gasteiger partial charge is 0.168 e. The Morgan fingerprint density at radius 2 is 1.80 bits per heavy atom. The highest BCUT2D eigenvalue weighted by Gasteiger charge is 2.39. The fourth-order valence-corrected chi connectivity index (χ4v) is 4.98. The van der Waals surface area contributed by atoms with Crippen LogP contribution in [0.1, 0.15) is 24.8 Å². The molecule has 2 unspecified atom stereocenters. The van der Waals surface area contributed by atoms with Gasteiger partial charge in [-0.05, 0) is 35.7 Å². The molecular weight excluding hydrogens is 398 g/mol. The van der Waals surface area contributed by atoms with E-state index < -0.39 is 0 Å². The zero-order chi connectivity index (χ0) is 21.1. The Kier molecular flexibility index (Phi) is 6.36. The Bertz CT molecular complexity index is 938. The number of aryl methyl sites for hydroxylation is 1. The topological polar surface area (TPSA) is 103 Å². The highest BCUT2D eigenvalue weighted by atomic mass is 32.2. The first-order valence-corrected chi connectivity index (χ1v) is 10.9. The van der Waals surface area contributed by atoms with Crippen molar-refractivity contribution in [2.24, 2.45) is 4.99 Å². The van der Waals surface area contributed by atoms with Gasteiger partial charge in [-0.25, -0.2) is 4.99 Å². The lowest BCUT2D eigenvalue weighted by Crippen LogP contribution is -2.34. The van der Waals surface area contributed by atoms with Crippen molar-refractivity contribution in [3.63, 3.8) is 0 Å². The Morgan fingerprint density at radius 1 is 1.10 bits per heavy atom. The van der Waals surface area contributed by atoms with E-state index in [1.54, 1.807) is 14.2 Å². The summed E-state index contributed by atoms with van der Waals surface area (Å²) in [5.74, 6) is 0.624. The molecule has 30 heavy (non-hydrogen) atoms. The van der Waals surface area contributed by atoms with Crippen LogP contribution in [0.5, 0.6) is 0 Å². The minimum Gasteiger partial charge on any atom is -0.378 e. The lowest BCUT2D eigenvalue weighted by molar-refractivity contribution is -0.0380. The van der Waals surface area contributed by atoms with Gasteiger partial charge in [0.2, 0.25) is 0 Å². The fraction of sp³-hybridized carbons (Fsp3) is 0.409. The number of hydrogen-bond donors (Lipinski definition) is 4. The Labute approximate surface area is 181 Å². The number of amidine groups is 3. The first kappa shape index (κ1) is 20.8. The minimum atomic E-state index is -0.0611. The summed E-state index contributed by atoms with van der Waals surface area (Å²) in [4.78, 5) is 5.16. The standard InChI is InChI=1S/C22H27N5O2S/c1-28-16-11-14-15(12-17(16)29-2)20(23)26-18(14)19-21(24)27-22(30-19)25-10-6-9-13-7-4-3-5-8-13/h3-5,7-8,16-17H,6,9-12H2,1-2H3,(H2,23,26)(H2,24,25,27). The van der Waals surface area contributed by atoms with Crippen molar-refractivity contribution in [3.8, 4) is 0 Å². The van der Waals surface area contributed by atoms with Gasteiger partial charge >= 0.3 is 0 Å². The maximum absolute atomic E-state index is 8.36. The molecule has 0 saturated carbocycles. The first-order chi connectivity index (χ1) is 14.6. The maximum Gasteiger partial charge on any atom is 0.168 e. The quantitative estimate of drug-likeness (QED) is 0.524. The van der Waals surface area contributed by atoms with Crippen molar-refractivity contribution < 1.29 is 9.47 Å². The van der Waals surface area contributed by atoms with E-state index in [2.05, 4.69) is 39.9 Å². The van der Waals surface area contributed by atoms with Crippen LogP contribution in [-0.2, 0) is 15.9 Å². The highest BCUT2D eigenvalue weighted by molar-refractivity contribution is 8.18. The van der Waals surface area contributed by atoms with Gasteiger partial charge in [-0.2, -0.15) is 0 Å². The van der Waals surface area contributed by atoms with E-state index >= 15 is 0 Å². The summed E-state index contributed by atoms with van der Waals surface area (Å²) in [7, 11) is 3.37. The second-order valence-corrected chi connectivity index (χ2v) is 8.50. The number of methoxy groups -OCH3 is 2. The Hall–Kier alpha value is -2.42. The predicted molar refractivity (Wildman–Crippen MR) is 121 cm³/mol. The molecule has 1 aromatic carbocycles. The molecule has 0 saturated heterocycles. The molecule has 1 aliphatic carbocycles. The van der Waals surface area contributed by atoms with Crippen molar-refractivity contribution in [1.29, 1.82) is 10.8 Å². The third-order valence-corrected chi connectivity index (χ3v) is 6.69. The number of hydrogen-bond acceptors (Lipinski definition) is 6. The number of thioether (sulfide) groups is 1. The molecule has 0 aromatic heterocycles. The van der Waals surface area contributed by atoms with E-state index in [0.29, 0.717) is 18.7 Å². The number of allylic oxidation sites excluding steroid dienone is 1. The first-order valence-electron chi connectivity index (χ1n) is 10.1. The van der Waals surface area contributed by atoms with Gasteiger partial charge in [0.1, 0.15) is 5.84 Å². The van der Waals surface area contributed by atoms with Gasteiger partial charge in [0.15, 0.2) is 11.0 Å². The number of nitrogens with zero attached hydrogens (tertiary/aromatic N) is 1. The molecule has 8 heteroatoms. The molecular formula is C22H27N5O2S. The van der Waals surface area contributed by atoms with E-state index in [1.807, 2.05) is 6.07 Å². The van der Waals surface area contributed by atoms with Crippen LogP contribution in [0.15, 0.2) is 57.1 Å². The molecule has 7 nitrogen and oxygen atoms in total. The molecule has 0 amide bonds. The van der Waals surface area contributed by atoms with E-state index in [1.165, 1.54) is 17.3 Å². The van der Waals surface area contributed by atoms with Crippen LogP contribution in [0, 0.1) is 10.8 Å². The molecule has 0 spiro atoms. The summed E-state index contributed by atoms with van der Waals surface area (Å²) in [5, 5.41) is 24.0. The molecule has 1 aromatic rings. The van der Waals surface area contributed by atoms with Crippen molar-refractivity contribution in [2.75, 3.05) is 20.8 Å². The number of rotatable bonds is 6. The number of ether oxygens (including phenoxy) is 2. The summed E-state index contributed by atoms with van der Waals surface area (Å²) < 4.78 is 11.2. The number of benzene rings is 1. The molecule has 3 aliphatic rings. The monoisotopic (exact) mass is 425 g/mol. The summed E-state index contributed by atoms with van der Waals surface area (Å²) >= 11 is 1.46. The van der Waals surface area contributed by atoms with E-state index in [-0.39, 0.29) is 18.0 Å². The third-order valence-electron chi connectivity index (χ3n) is 5.66. The molecule has 0 bridgehead atoms. The molecule has 2 atom stereocenters. The zero-order valence-corrected chi connectivity index (χ0v) is 18.1. The van der Waals surface area contributed by atoms with Gasteiger partial charge in [-0.1, -0.05) is 30.3 Å². The minimum absolute atomic E-state index is 0.0610. The van der Waals surface area contributed by atoms with E-state index in [4.69, 9.17) is 20.3 Å². The summed E-state index contributed by atoms with van der Waals surface area (Å²) in [6.45, 7) is 0.801. The summed E-state index contributed by atoms with van der Waals surface area (Å²) in [5.41, 5.74) is 4.15. The molecule has 2 heterocycles. The van der Waals surface area contributed by atoms with Crippen LogP contribution in [0.2, 0.25) is 0 Å². The van der Waals surface area contributed by atoms with Crippen molar-refractivity contribution >= 4 is 28.6 Å². The van der Waals surface area contributed by atoms with Gasteiger partial charge in [0.25, 0.3) is 0 Å². The Balaban J connectivity index is 1.41. The maximum atomic E-state index is 8.36. The van der Waals surface area contributed by atoms with Crippen molar-refractivity contribution in [2.45, 2.75) is 37.9 Å². The van der Waals surface area contributed by atoms with Crippen LogP contribution in [0.4, 0.5) is 0 Å². The van der Waals surface area contributed by atoms with Crippen LogP contribution in [0.3, 0.4) is 0 Å². The van der Waals surface area contributed by atoms with Gasteiger partial charge < -0.3 is 20.1 Å². The van der Waals surface area contributed by atoms with Crippen LogP contribution in [0.25, 0.3) is 0 Å². The van der Waals surface area contributed by atoms with E-state index in [0.717, 1.165) is 46.3 Å². The number of aliphatic imine (C=N–C) groups is 1. The van der Waals surface area contributed by atoms with Crippen molar-refractivity contribution in [1.82, 2.24) is 10.6 Å². The average molecular weight is 426 g/mol. The van der Waals surface area contributed by atoms with E-state index in [9.17, 15) is 0 Å². The van der Waals surface area contributed by atoms with Gasteiger partial charge in [0.05, 0.1) is 22.8 Å². The molecule has 4 rings (SSSR count). The van der Waals surface area contributed by atoms with Crippen LogP contribution >= 0.6 is 11.8 Å². The normalized spacial score (nSPS) is 26.0. The second-order valence-electron chi connectivity index (χ2n) is 7.50. The molecule has 0 fully saturated rings. The Morgan fingerprint density at radius 3 is 2.50 bits per heavy atom. The van der Waals surface area contributed by atoms with Crippen LogP contribution in [-0.4, -0.2) is 49.8 Å². The molecule has 158 valence electrons. The van der Waals surface area contributed by atoms with Gasteiger partial charge in [-0.3, -0.25) is 10.8 Å². The van der Waals surface area contributed by atoms with Gasteiger partial charge in [0, 0.05) is 39.2 Å². The summed E-state index contributed by atoms with van der Waals surface area (Å²) in [6, 6.07) is 10.4. The zero-order valence-electron chi connectivity index (χ0n) is 17.2. The molecule has 0 radical (unpaired) electrons.